The first-order valence-electron chi connectivity index (χ1n) is 8.68. The van der Waals surface area contributed by atoms with Gasteiger partial charge in [0.25, 0.3) is 0 Å². The van der Waals surface area contributed by atoms with E-state index in [-0.39, 0.29) is 0 Å². The van der Waals surface area contributed by atoms with Gasteiger partial charge < -0.3 is 4.74 Å². The lowest BCUT2D eigenvalue weighted by atomic mass is 9.94. The standard InChI is InChI=1S/C23H21O/c1-2-3-15-24-22-14-13-20-19-12-8-7-11-18(19)16-21(20)23(22)17-9-5-4-6-10-17/h4-14,16H,2-3,15H2,1H3. The number of unbranched alkanes of at least 4 members (excludes halogenated alkanes) is 1. The fourth-order valence-corrected chi connectivity index (χ4v) is 3.36. The summed E-state index contributed by atoms with van der Waals surface area (Å²) < 4.78 is 6.14. The Morgan fingerprint density at radius 3 is 2.42 bits per heavy atom. The smallest absolute Gasteiger partial charge is 0.127 e. The van der Waals surface area contributed by atoms with Crippen LogP contribution in [0.15, 0.2) is 66.7 Å². The van der Waals surface area contributed by atoms with E-state index in [1.54, 1.807) is 0 Å². The summed E-state index contributed by atoms with van der Waals surface area (Å²) in [6.45, 7) is 2.96. The van der Waals surface area contributed by atoms with Gasteiger partial charge in [0.05, 0.1) is 6.61 Å². The van der Waals surface area contributed by atoms with Crippen LogP contribution >= 0.6 is 0 Å². The van der Waals surface area contributed by atoms with Gasteiger partial charge in [0.15, 0.2) is 0 Å². The van der Waals surface area contributed by atoms with Crippen molar-refractivity contribution < 1.29 is 4.74 Å². The summed E-state index contributed by atoms with van der Waals surface area (Å²) >= 11 is 0. The van der Waals surface area contributed by atoms with Gasteiger partial charge in [0, 0.05) is 12.0 Å². The zero-order chi connectivity index (χ0) is 16.4. The maximum Gasteiger partial charge on any atom is 0.127 e. The van der Waals surface area contributed by atoms with E-state index in [9.17, 15) is 0 Å². The highest BCUT2D eigenvalue weighted by Crippen LogP contribution is 2.46. The van der Waals surface area contributed by atoms with Crippen LogP contribution in [0.4, 0.5) is 0 Å². The number of fused-ring (bicyclic) bond motifs is 3. The van der Waals surface area contributed by atoms with Gasteiger partial charge in [-0.2, -0.15) is 0 Å². The molecule has 1 aliphatic carbocycles. The minimum atomic E-state index is 0.766. The average Bonchev–Trinajstić information content (AvgIpc) is 3.01. The average molecular weight is 313 g/mol. The van der Waals surface area contributed by atoms with Gasteiger partial charge in [-0.1, -0.05) is 74.0 Å². The molecular weight excluding hydrogens is 292 g/mol. The predicted molar refractivity (Wildman–Crippen MR) is 100 cm³/mol. The minimum Gasteiger partial charge on any atom is -0.493 e. The highest BCUT2D eigenvalue weighted by atomic mass is 16.5. The van der Waals surface area contributed by atoms with E-state index in [2.05, 4.69) is 80.1 Å². The Morgan fingerprint density at radius 1 is 0.792 bits per heavy atom. The molecule has 3 aromatic rings. The zero-order valence-corrected chi connectivity index (χ0v) is 14.0. The number of benzene rings is 3. The van der Waals surface area contributed by atoms with E-state index in [1.807, 2.05) is 0 Å². The van der Waals surface area contributed by atoms with Crippen LogP contribution in [-0.4, -0.2) is 6.61 Å². The quantitative estimate of drug-likeness (QED) is 0.404. The summed E-state index contributed by atoms with van der Waals surface area (Å²) in [7, 11) is 0. The van der Waals surface area contributed by atoms with Crippen LogP contribution in [0.25, 0.3) is 22.3 Å². The Kier molecular flexibility index (Phi) is 4.08. The van der Waals surface area contributed by atoms with E-state index in [4.69, 9.17) is 4.74 Å². The molecule has 1 aliphatic rings. The molecule has 0 amide bonds. The maximum atomic E-state index is 6.14. The van der Waals surface area contributed by atoms with Crippen molar-refractivity contribution in [2.75, 3.05) is 6.61 Å². The summed E-state index contributed by atoms with van der Waals surface area (Å²) in [5, 5.41) is 0. The van der Waals surface area contributed by atoms with Gasteiger partial charge in [0.1, 0.15) is 5.75 Å². The van der Waals surface area contributed by atoms with E-state index in [1.165, 1.54) is 33.4 Å². The number of hydrogen-bond donors (Lipinski definition) is 0. The number of rotatable bonds is 5. The highest BCUT2D eigenvalue weighted by molar-refractivity contribution is 5.91. The second-order valence-corrected chi connectivity index (χ2v) is 6.20. The second-order valence-electron chi connectivity index (χ2n) is 6.20. The lowest BCUT2D eigenvalue weighted by Crippen LogP contribution is -2.00. The summed E-state index contributed by atoms with van der Waals surface area (Å²) in [5.41, 5.74) is 7.59. The van der Waals surface area contributed by atoms with Crippen molar-refractivity contribution in [3.63, 3.8) is 0 Å². The molecule has 0 N–H and O–H groups in total. The van der Waals surface area contributed by atoms with Crippen molar-refractivity contribution in [2.45, 2.75) is 19.8 Å². The third-order valence-corrected chi connectivity index (χ3v) is 4.58. The van der Waals surface area contributed by atoms with Crippen LogP contribution in [-0.2, 0) is 0 Å². The molecule has 119 valence electrons. The van der Waals surface area contributed by atoms with Crippen molar-refractivity contribution in [2.24, 2.45) is 0 Å². The Balaban J connectivity index is 1.85. The molecule has 0 spiro atoms. The first-order chi connectivity index (χ1) is 11.9. The Bertz CT molecular complexity index is 849. The molecule has 0 saturated heterocycles. The molecule has 0 fully saturated rings. The topological polar surface area (TPSA) is 9.23 Å². The first-order valence-corrected chi connectivity index (χ1v) is 8.68. The fraction of sp³-hybridized carbons (Fsp3) is 0.174. The molecule has 0 saturated carbocycles. The van der Waals surface area contributed by atoms with Gasteiger partial charge in [-0.3, -0.25) is 0 Å². The van der Waals surface area contributed by atoms with Crippen molar-refractivity contribution in [3.8, 4) is 28.0 Å². The van der Waals surface area contributed by atoms with E-state index >= 15 is 0 Å². The summed E-state index contributed by atoms with van der Waals surface area (Å²) in [6.07, 6.45) is 4.51. The normalized spacial score (nSPS) is 11.9. The molecule has 0 atom stereocenters. The second kappa shape index (κ2) is 6.52. The molecule has 1 heteroatoms. The number of ether oxygens (including phenoxy) is 1. The van der Waals surface area contributed by atoms with Crippen molar-refractivity contribution in [1.29, 1.82) is 0 Å². The van der Waals surface area contributed by atoms with Crippen molar-refractivity contribution >= 4 is 0 Å². The molecule has 3 aromatic carbocycles. The molecule has 0 aromatic heterocycles. The third kappa shape index (κ3) is 2.60. The summed E-state index contributed by atoms with van der Waals surface area (Å²) in [5.74, 6) is 0.984. The van der Waals surface area contributed by atoms with E-state index < -0.39 is 0 Å². The lowest BCUT2D eigenvalue weighted by Gasteiger charge is -2.16. The molecule has 1 nitrogen and oxygen atoms in total. The largest absolute Gasteiger partial charge is 0.493 e. The van der Waals surface area contributed by atoms with Crippen LogP contribution in [0.1, 0.15) is 30.9 Å². The molecule has 0 aliphatic heterocycles. The minimum absolute atomic E-state index is 0.766. The summed E-state index contributed by atoms with van der Waals surface area (Å²) in [6, 6.07) is 23.5. The number of hydrogen-bond acceptors (Lipinski definition) is 1. The molecule has 0 unspecified atom stereocenters. The highest BCUT2D eigenvalue weighted by Gasteiger charge is 2.24. The van der Waals surface area contributed by atoms with Gasteiger partial charge in [-0.25, -0.2) is 0 Å². The van der Waals surface area contributed by atoms with Gasteiger partial charge in [0.2, 0.25) is 0 Å². The third-order valence-electron chi connectivity index (χ3n) is 4.58. The molecule has 1 radical (unpaired) electrons. The Hall–Kier alpha value is -2.54. The summed E-state index contributed by atoms with van der Waals surface area (Å²) in [4.78, 5) is 0. The Morgan fingerprint density at radius 2 is 1.58 bits per heavy atom. The lowest BCUT2D eigenvalue weighted by molar-refractivity contribution is 0.310. The van der Waals surface area contributed by atoms with Gasteiger partial charge in [-0.15, -0.1) is 0 Å². The SMILES string of the molecule is CCCCOc1ccc2c(c1-c1ccccc1)[CH]c1ccccc1-2. The van der Waals surface area contributed by atoms with Gasteiger partial charge >= 0.3 is 0 Å². The molecule has 4 rings (SSSR count). The molecule has 0 bridgehead atoms. The van der Waals surface area contributed by atoms with Crippen LogP contribution in [0.2, 0.25) is 0 Å². The van der Waals surface area contributed by atoms with Crippen LogP contribution < -0.4 is 4.74 Å². The molecule has 24 heavy (non-hydrogen) atoms. The monoisotopic (exact) mass is 313 g/mol. The Labute approximate surface area is 143 Å². The van der Waals surface area contributed by atoms with Gasteiger partial charge in [-0.05, 0) is 40.3 Å². The zero-order valence-electron chi connectivity index (χ0n) is 14.0. The maximum absolute atomic E-state index is 6.14. The van der Waals surface area contributed by atoms with Crippen LogP contribution in [0.5, 0.6) is 5.75 Å². The molecular formula is C23H21O. The van der Waals surface area contributed by atoms with Crippen LogP contribution in [0, 0.1) is 6.42 Å². The van der Waals surface area contributed by atoms with Crippen molar-refractivity contribution in [1.82, 2.24) is 0 Å². The van der Waals surface area contributed by atoms with E-state index in [0.717, 1.165) is 25.2 Å². The van der Waals surface area contributed by atoms with E-state index in [0.29, 0.717) is 0 Å². The first kappa shape index (κ1) is 15.0. The van der Waals surface area contributed by atoms with Crippen molar-refractivity contribution in [3.05, 3.63) is 84.3 Å². The molecule has 0 heterocycles. The fourth-order valence-electron chi connectivity index (χ4n) is 3.36. The predicted octanol–water partition coefficient (Wildman–Crippen LogP) is 6.11. The van der Waals surface area contributed by atoms with Crippen LogP contribution in [0.3, 0.4) is 0 Å².